The van der Waals surface area contributed by atoms with Crippen molar-refractivity contribution in [2.75, 3.05) is 13.1 Å². The second-order valence-corrected chi connectivity index (χ2v) is 4.01. The van der Waals surface area contributed by atoms with E-state index in [1.807, 2.05) is 0 Å². The number of rotatable bonds is 1. The molecule has 2 fully saturated rings. The minimum atomic E-state index is 0.498. The lowest BCUT2D eigenvalue weighted by molar-refractivity contribution is 0.352. The van der Waals surface area contributed by atoms with Gasteiger partial charge in [-0.2, -0.15) is 0 Å². The fourth-order valence-corrected chi connectivity index (χ4v) is 2.10. The van der Waals surface area contributed by atoms with E-state index in [0.29, 0.717) is 11.5 Å². The fourth-order valence-electron chi connectivity index (χ4n) is 2.10. The molecule has 1 aliphatic heterocycles. The van der Waals surface area contributed by atoms with Gasteiger partial charge in [0.1, 0.15) is 0 Å². The Morgan fingerprint density at radius 2 is 2.30 bits per heavy atom. The van der Waals surface area contributed by atoms with Gasteiger partial charge in [-0.15, -0.1) is 0 Å². The zero-order valence-corrected chi connectivity index (χ0v) is 6.56. The highest BCUT2D eigenvalue weighted by Crippen LogP contribution is 2.52. The van der Waals surface area contributed by atoms with Crippen LogP contribution in [0, 0.1) is 11.3 Å². The molecule has 3 unspecified atom stereocenters. The highest BCUT2D eigenvalue weighted by Gasteiger charge is 2.53. The molecule has 0 amide bonds. The van der Waals surface area contributed by atoms with Crippen LogP contribution in [-0.4, -0.2) is 19.1 Å². The van der Waals surface area contributed by atoms with E-state index in [9.17, 15) is 0 Å². The van der Waals surface area contributed by atoms with Crippen LogP contribution in [0.2, 0.25) is 0 Å². The van der Waals surface area contributed by atoms with Crippen molar-refractivity contribution >= 4 is 0 Å². The third-order valence-corrected chi connectivity index (χ3v) is 3.34. The van der Waals surface area contributed by atoms with Gasteiger partial charge in [0.25, 0.3) is 0 Å². The molecular formula is C8H16N2. The smallest absolute Gasteiger partial charge is 0.0102 e. The summed E-state index contributed by atoms with van der Waals surface area (Å²) < 4.78 is 0. The molecule has 1 heterocycles. The zero-order chi connectivity index (χ0) is 7.19. The highest BCUT2D eigenvalue weighted by atomic mass is 14.9. The summed E-state index contributed by atoms with van der Waals surface area (Å²) >= 11 is 0. The monoisotopic (exact) mass is 140 g/mol. The van der Waals surface area contributed by atoms with E-state index in [1.165, 1.54) is 25.9 Å². The van der Waals surface area contributed by atoms with Gasteiger partial charge < -0.3 is 11.1 Å². The molecule has 3 N–H and O–H groups in total. The van der Waals surface area contributed by atoms with Crippen LogP contribution in [0.3, 0.4) is 0 Å². The topological polar surface area (TPSA) is 38.0 Å². The van der Waals surface area contributed by atoms with Gasteiger partial charge in [-0.3, -0.25) is 0 Å². The predicted molar refractivity (Wildman–Crippen MR) is 41.7 cm³/mol. The van der Waals surface area contributed by atoms with E-state index >= 15 is 0 Å². The normalized spacial score (nSPS) is 53.4. The van der Waals surface area contributed by atoms with Gasteiger partial charge in [0.2, 0.25) is 0 Å². The molecule has 0 bridgehead atoms. The zero-order valence-electron chi connectivity index (χ0n) is 6.56. The minimum Gasteiger partial charge on any atom is -0.327 e. The van der Waals surface area contributed by atoms with E-state index in [1.54, 1.807) is 0 Å². The summed E-state index contributed by atoms with van der Waals surface area (Å²) in [5.74, 6) is 0.863. The van der Waals surface area contributed by atoms with Gasteiger partial charge in [0, 0.05) is 6.04 Å². The molecule has 0 radical (unpaired) electrons. The number of hydrogen-bond donors (Lipinski definition) is 2. The Hall–Kier alpha value is -0.0800. The highest BCUT2D eigenvalue weighted by molar-refractivity contribution is 5.08. The molecule has 0 aromatic rings. The summed E-state index contributed by atoms with van der Waals surface area (Å²) in [6.07, 6.45) is 2.59. The van der Waals surface area contributed by atoms with Crippen molar-refractivity contribution in [1.29, 1.82) is 0 Å². The summed E-state index contributed by atoms with van der Waals surface area (Å²) in [5.41, 5.74) is 6.36. The Labute approximate surface area is 62.2 Å². The van der Waals surface area contributed by atoms with E-state index < -0.39 is 0 Å². The van der Waals surface area contributed by atoms with Crippen LogP contribution in [0.15, 0.2) is 0 Å². The molecule has 3 atom stereocenters. The van der Waals surface area contributed by atoms with Crippen molar-refractivity contribution in [3.05, 3.63) is 0 Å². The van der Waals surface area contributed by atoms with Crippen LogP contribution in [0.4, 0.5) is 0 Å². The van der Waals surface area contributed by atoms with Crippen LogP contribution in [0.1, 0.15) is 19.8 Å². The first-order valence-corrected chi connectivity index (χ1v) is 4.20. The minimum absolute atomic E-state index is 0.498. The summed E-state index contributed by atoms with van der Waals surface area (Å²) in [6.45, 7) is 4.73. The molecule has 0 aromatic carbocycles. The fraction of sp³-hybridized carbons (Fsp3) is 1.00. The van der Waals surface area contributed by atoms with Gasteiger partial charge in [-0.1, -0.05) is 6.92 Å². The van der Waals surface area contributed by atoms with Crippen LogP contribution in [-0.2, 0) is 0 Å². The molecule has 1 aliphatic carbocycles. The van der Waals surface area contributed by atoms with Crippen molar-refractivity contribution in [2.24, 2.45) is 17.1 Å². The van der Waals surface area contributed by atoms with Crippen LogP contribution >= 0.6 is 0 Å². The van der Waals surface area contributed by atoms with Crippen molar-refractivity contribution in [2.45, 2.75) is 25.8 Å². The second kappa shape index (κ2) is 1.95. The standard InChI is InChI=1S/C8H16N2/c1-8(4-7(8)9)6-2-3-10-5-6/h6-7,10H,2-5,9H2,1H3. The van der Waals surface area contributed by atoms with Crippen molar-refractivity contribution in [3.8, 4) is 0 Å². The Bertz CT molecular complexity index is 140. The molecule has 1 saturated carbocycles. The SMILES string of the molecule is CC1(C2CCNC2)CC1N. The van der Waals surface area contributed by atoms with Crippen molar-refractivity contribution in [3.63, 3.8) is 0 Å². The number of nitrogens with two attached hydrogens (primary N) is 1. The maximum atomic E-state index is 5.85. The molecule has 0 aromatic heterocycles. The lowest BCUT2D eigenvalue weighted by atomic mass is 9.89. The molecule has 58 valence electrons. The first kappa shape index (κ1) is 6.62. The molecule has 0 spiro atoms. The molecular weight excluding hydrogens is 124 g/mol. The Morgan fingerprint density at radius 1 is 1.60 bits per heavy atom. The summed E-state index contributed by atoms with van der Waals surface area (Å²) in [4.78, 5) is 0. The quantitative estimate of drug-likeness (QED) is 0.551. The lowest BCUT2D eigenvalue weighted by Gasteiger charge is -2.16. The van der Waals surface area contributed by atoms with Crippen LogP contribution in [0.25, 0.3) is 0 Å². The van der Waals surface area contributed by atoms with Crippen LogP contribution in [0.5, 0.6) is 0 Å². The van der Waals surface area contributed by atoms with E-state index in [2.05, 4.69) is 12.2 Å². The van der Waals surface area contributed by atoms with Gasteiger partial charge in [-0.25, -0.2) is 0 Å². The van der Waals surface area contributed by atoms with Gasteiger partial charge in [0.05, 0.1) is 0 Å². The van der Waals surface area contributed by atoms with Gasteiger partial charge in [0.15, 0.2) is 0 Å². The maximum Gasteiger partial charge on any atom is 0.0102 e. The molecule has 2 heteroatoms. The lowest BCUT2D eigenvalue weighted by Crippen LogP contribution is -2.22. The van der Waals surface area contributed by atoms with Gasteiger partial charge >= 0.3 is 0 Å². The largest absolute Gasteiger partial charge is 0.327 e. The molecule has 10 heavy (non-hydrogen) atoms. The van der Waals surface area contributed by atoms with Crippen molar-refractivity contribution < 1.29 is 0 Å². The summed E-state index contributed by atoms with van der Waals surface area (Å²) in [5, 5.41) is 3.38. The molecule has 1 saturated heterocycles. The Kier molecular flexibility index (Phi) is 1.29. The van der Waals surface area contributed by atoms with Crippen molar-refractivity contribution in [1.82, 2.24) is 5.32 Å². The molecule has 2 nitrogen and oxygen atoms in total. The average Bonchev–Trinajstić information content (AvgIpc) is 2.35. The predicted octanol–water partition coefficient (Wildman–Crippen LogP) is 0.333. The molecule has 2 aliphatic rings. The summed E-state index contributed by atoms with van der Waals surface area (Å²) in [6, 6.07) is 0.498. The van der Waals surface area contributed by atoms with E-state index in [0.717, 1.165) is 5.92 Å². The Balaban J connectivity index is 1.99. The van der Waals surface area contributed by atoms with Crippen LogP contribution < -0.4 is 11.1 Å². The average molecular weight is 140 g/mol. The maximum absolute atomic E-state index is 5.85. The number of nitrogens with one attached hydrogen (secondary N) is 1. The van der Waals surface area contributed by atoms with Gasteiger partial charge in [-0.05, 0) is 37.3 Å². The summed E-state index contributed by atoms with van der Waals surface area (Å²) in [7, 11) is 0. The number of hydrogen-bond acceptors (Lipinski definition) is 2. The third-order valence-electron chi connectivity index (χ3n) is 3.34. The van der Waals surface area contributed by atoms with E-state index in [-0.39, 0.29) is 0 Å². The first-order chi connectivity index (χ1) is 4.73. The third kappa shape index (κ3) is 0.789. The van der Waals surface area contributed by atoms with E-state index in [4.69, 9.17) is 5.73 Å². The molecule has 2 rings (SSSR count). The second-order valence-electron chi connectivity index (χ2n) is 4.01. The first-order valence-electron chi connectivity index (χ1n) is 4.20. The Morgan fingerprint density at radius 3 is 2.70 bits per heavy atom.